The molecule has 1 aromatic heterocycles. The number of hydrogen-bond acceptors (Lipinski definition) is 2. The van der Waals surface area contributed by atoms with Crippen LogP contribution >= 0.6 is 11.6 Å². The van der Waals surface area contributed by atoms with E-state index in [0.717, 1.165) is 0 Å². The molecule has 16 heavy (non-hydrogen) atoms. The van der Waals surface area contributed by atoms with E-state index < -0.39 is 0 Å². The van der Waals surface area contributed by atoms with E-state index in [1.165, 1.54) is 6.07 Å². The average molecular weight is 243 g/mol. The number of aromatic amines is 1. The fourth-order valence-corrected chi connectivity index (χ4v) is 1.41. The predicted molar refractivity (Wildman–Crippen MR) is 63.9 cm³/mol. The number of carbonyl (C=O) groups is 1. The van der Waals surface area contributed by atoms with Crippen LogP contribution < -0.4 is 10.9 Å². The first-order chi connectivity index (χ1) is 7.54. The number of pyridine rings is 1. The van der Waals surface area contributed by atoms with Gasteiger partial charge in [0.2, 0.25) is 5.56 Å². The van der Waals surface area contributed by atoms with Crippen molar-refractivity contribution in [1.82, 2.24) is 10.3 Å². The molecule has 4 nitrogen and oxygen atoms in total. The Morgan fingerprint density at radius 1 is 1.50 bits per heavy atom. The minimum atomic E-state index is -0.290. The Bertz CT molecular complexity index is 416. The van der Waals surface area contributed by atoms with Gasteiger partial charge in [0.05, 0.1) is 0 Å². The SMILES string of the molecule is CC(CCl)C(C)NC(=O)c1cccc(=O)[nH]1. The second kappa shape index (κ2) is 5.70. The number of rotatable bonds is 4. The molecular weight excluding hydrogens is 228 g/mol. The average Bonchev–Trinajstić information content (AvgIpc) is 2.27. The largest absolute Gasteiger partial charge is 0.348 e. The molecule has 1 rings (SSSR count). The Hall–Kier alpha value is -1.29. The molecule has 0 spiro atoms. The number of hydrogen-bond donors (Lipinski definition) is 2. The summed E-state index contributed by atoms with van der Waals surface area (Å²) in [4.78, 5) is 25.2. The van der Waals surface area contributed by atoms with Gasteiger partial charge in [0, 0.05) is 18.0 Å². The van der Waals surface area contributed by atoms with Gasteiger partial charge >= 0.3 is 0 Å². The van der Waals surface area contributed by atoms with Gasteiger partial charge in [0.15, 0.2) is 0 Å². The number of alkyl halides is 1. The zero-order valence-electron chi connectivity index (χ0n) is 9.29. The number of amides is 1. The quantitative estimate of drug-likeness (QED) is 0.784. The smallest absolute Gasteiger partial charge is 0.268 e. The van der Waals surface area contributed by atoms with Crippen molar-refractivity contribution in [1.29, 1.82) is 0 Å². The summed E-state index contributed by atoms with van der Waals surface area (Å²) in [6, 6.07) is 4.44. The molecule has 1 amide bonds. The van der Waals surface area contributed by atoms with Crippen LogP contribution in [0, 0.1) is 5.92 Å². The van der Waals surface area contributed by atoms with E-state index in [-0.39, 0.29) is 29.1 Å². The molecule has 1 heterocycles. The van der Waals surface area contributed by atoms with Crippen molar-refractivity contribution in [2.45, 2.75) is 19.9 Å². The van der Waals surface area contributed by atoms with Gasteiger partial charge in [0.1, 0.15) is 5.69 Å². The number of halogens is 1. The molecule has 0 aliphatic heterocycles. The predicted octanol–water partition coefficient (Wildman–Crippen LogP) is 1.37. The van der Waals surface area contributed by atoms with Crippen LogP contribution in [0.3, 0.4) is 0 Å². The van der Waals surface area contributed by atoms with E-state index in [0.29, 0.717) is 5.88 Å². The monoisotopic (exact) mass is 242 g/mol. The normalized spacial score (nSPS) is 14.2. The van der Waals surface area contributed by atoms with Crippen molar-refractivity contribution in [3.63, 3.8) is 0 Å². The molecule has 2 atom stereocenters. The Morgan fingerprint density at radius 3 is 2.75 bits per heavy atom. The maximum atomic E-state index is 11.7. The first-order valence-electron chi connectivity index (χ1n) is 5.10. The summed E-state index contributed by atoms with van der Waals surface area (Å²) in [5.74, 6) is 0.371. The molecule has 2 unspecified atom stereocenters. The van der Waals surface area contributed by atoms with Crippen LogP contribution in [0.1, 0.15) is 24.3 Å². The van der Waals surface area contributed by atoms with E-state index >= 15 is 0 Å². The highest BCUT2D eigenvalue weighted by Gasteiger charge is 2.15. The molecule has 0 saturated heterocycles. The van der Waals surface area contributed by atoms with Crippen molar-refractivity contribution in [3.8, 4) is 0 Å². The highest BCUT2D eigenvalue weighted by atomic mass is 35.5. The summed E-state index contributed by atoms with van der Waals surface area (Å²) in [5, 5.41) is 2.78. The van der Waals surface area contributed by atoms with Gasteiger partial charge in [-0.3, -0.25) is 9.59 Å². The molecule has 1 aromatic rings. The molecule has 0 aliphatic rings. The lowest BCUT2D eigenvalue weighted by molar-refractivity contribution is 0.0925. The van der Waals surface area contributed by atoms with Crippen molar-refractivity contribution >= 4 is 17.5 Å². The maximum absolute atomic E-state index is 11.7. The van der Waals surface area contributed by atoms with Crippen LogP contribution in [0.25, 0.3) is 0 Å². The summed E-state index contributed by atoms with van der Waals surface area (Å²) < 4.78 is 0. The third-order valence-electron chi connectivity index (χ3n) is 2.47. The number of nitrogens with one attached hydrogen (secondary N) is 2. The third kappa shape index (κ3) is 3.38. The lowest BCUT2D eigenvalue weighted by Crippen LogP contribution is -2.38. The highest BCUT2D eigenvalue weighted by molar-refractivity contribution is 6.18. The van der Waals surface area contributed by atoms with Crippen LogP contribution in [0.5, 0.6) is 0 Å². The second-order valence-electron chi connectivity index (χ2n) is 3.82. The zero-order chi connectivity index (χ0) is 12.1. The number of aromatic nitrogens is 1. The number of H-pyrrole nitrogens is 1. The first-order valence-corrected chi connectivity index (χ1v) is 5.64. The van der Waals surface area contributed by atoms with E-state index in [4.69, 9.17) is 11.6 Å². The molecule has 5 heteroatoms. The van der Waals surface area contributed by atoms with Gasteiger partial charge in [-0.1, -0.05) is 13.0 Å². The van der Waals surface area contributed by atoms with Crippen LogP contribution in [0.4, 0.5) is 0 Å². The summed E-state index contributed by atoms with van der Waals surface area (Å²) in [6.45, 7) is 3.83. The third-order valence-corrected chi connectivity index (χ3v) is 2.96. The first kappa shape index (κ1) is 12.8. The summed E-state index contributed by atoms with van der Waals surface area (Å²) in [5.41, 5.74) is -0.0215. The van der Waals surface area contributed by atoms with E-state index in [1.54, 1.807) is 12.1 Å². The minimum Gasteiger partial charge on any atom is -0.348 e. The van der Waals surface area contributed by atoms with Crippen molar-refractivity contribution in [2.24, 2.45) is 5.92 Å². The maximum Gasteiger partial charge on any atom is 0.268 e. The van der Waals surface area contributed by atoms with Crippen molar-refractivity contribution in [2.75, 3.05) is 5.88 Å². The van der Waals surface area contributed by atoms with Gasteiger partial charge < -0.3 is 10.3 Å². The van der Waals surface area contributed by atoms with E-state index in [1.807, 2.05) is 13.8 Å². The molecule has 0 fully saturated rings. The van der Waals surface area contributed by atoms with Crippen LogP contribution in [-0.4, -0.2) is 22.8 Å². The molecule has 0 bridgehead atoms. The van der Waals surface area contributed by atoms with Gasteiger partial charge in [-0.15, -0.1) is 11.6 Å². The molecule has 88 valence electrons. The Labute approximate surface area is 99.0 Å². The second-order valence-corrected chi connectivity index (χ2v) is 4.13. The van der Waals surface area contributed by atoms with Crippen molar-refractivity contribution < 1.29 is 4.79 Å². The molecule has 0 aliphatic carbocycles. The van der Waals surface area contributed by atoms with E-state index in [9.17, 15) is 9.59 Å². The van der Waals surface area contributed by atoms with Crippen molar-refractivity contribution in [3.05, 3.63) is 34.2 Å². The molecular formula is C11H15ClN2O2. The van der Waals surface area contributed by atoms with Crippen LogP contribution in [0.15, 0.2) is 23.0 Å². The molecule has 0 saturated carbocycles. The van der Waals surface area contributed by atoms with Crippen LogP contribution in [-0.2, 0) is 0 Å². The van der Waals surface area contributed by atoms with Gasteiger partial charge in [-0.05, 0) is 18.9 Å². The Kier molecular flexibility index (Phi) is 4.55. The number of carbonyl (C=O) groups excluding carboxylic acids is 1. The fourth-order valence-electron chi connectivity index (χ4n) is 1.14. The lowest BCUT2D eigenvalue weighted by Gasteiger charge is -2.18. The van der Waals surface area contributed by atoms with E-state index in [2.05, 4.69) is 10.3 Å². The van der Waals surface area contributed by atoms with Crippen LogP contribution in [0.2, 0.25) is 0 Å². The zero-order valence-corrected chi connectivity index (χ0v) is 10.0. The topological polar surface area (TPSA) is 62.0 Å². The molecule has 0 radical (unpaired) electrons. The lowest BCUT2D eigenvalue weighted by atomic mass is 10.1. The summed E-state index contributed by atoms with van der Waals surface area (Å²) >= 11 is 5.69. The summed E-state index contributed by atoms with van der Waals surface area (Å²) in [7, 11) is 0. The Balaban J connectivity index is 2.69. The Morgan fingerprint density at radius 2 is 2.19 bits per heavy atom. The van der Waals surface area contributed by atoms with Gasteiger partial charge in [-0.25, -0.2) is 0 Å². The van der Waals surface area contributed by atoms with Gasteiger partial charge in [-0.2, -0.15) is 0 Å². The van der Waals surface area contributed by atoms with Gasteiger partial charge in [0.25, 0.3) is 5.91 Å². The fraction of sp³-hybridized carbons (Fsp3) is 0.455. The molecule has 2 N–H and O–H groups in total. The molecule has 0 aromatic carbocycles. The summed E-state index contributed by atoms with van der Waals surface area (Å²) in [6.07, 6.45) is 0. The highest BCUT2D eigenvalue weighted by Crippen LogP contribution is 2.05. The standard InChI is InChI=1S/C11H15ClN2O2/c1-7(6-12)8(2)13-11(16)9-4-3-5-10(15)14-9/h3-5,7-8H,6H2,1-2H3,(H,13,16)(H,14,15). The minimum absolute atomic E-state index is 0.0336.